The van der Waals surface area contributed by atoms with Gasteiger partial charge in [-0.3, -0.25) is 14.7 Å². The summed E-state index contributed by atoms with van der Waals surface area (Å²) in [5.74, 6) is 0.301. The van der Waals surface area contributed by atoms with Crippen molar-refractivity contribution in [3.05, 3.63) is 42.3 Å². The van der Waals surface area contributed by atoms with Gasteiger partial charge in [-0.15, -0.1) is 11.8 Å². The number of cyclic esters (lactones) is 1. The zero-order valence-electron chi connectivity index (χ0n) is 20.1. The Morgan fingerprint density at radius 1 is 1.30 bits per heavy atom. The number of fused-ring (bicyclic) bond motifs is 2. The Morgan fingerprint density at radius 3 is 3.05 bits per heavy atom. The number of carbonyl (C=O) groups is 2. The summed E-state index contributed by atoms with van der Waals surface area (Å²) in [6, 6.07) is 8.95. The van der Waals surface area contributed by atoms with E-state index >= 15 is 0 Å². The van der Waals surface area contributed by atoms with Crippen LogP contribution in [0.15, 0.2) is 41.4 Å². The monoisotopic (exact) mass is 524 g/mol. The van der Waals surface area contributed by atoms with Crippen molar-refractivity contribution in [2.45, 2.75) is 23.4 Å². The molecule has 5 heterocycles. The fourth-order valence-corrected chi connectivity index (χ4v) is 5.80. The maximum Gasteiger partial charge on any atom is 0.414 e. The van der Waals surface area contributed by atoms with E-state index in [9.17, 15) is 14.0 Å². The van der Waals surface area contributed by atoms with Crippen molar-refractivity contribution >= 4 is 51.9 Å². The fourth-order valence-electron chi connectivity index (χ4n) is 5.01. The van der Waals surface area contributed by atoms with E-state index in [2.05, 4.69) is 20.6 Å². The summed E-state index contributed by atoms with van der Waals surface area (Å²) in [5, 5.41) is 6.40. The van der Waals surface area contributed by atoms with Crippen LogP contribution in [0.1, 0.15) is 6.42 Å². The Balaban J connectivity index is 1.15. The first-order valence-electron chi connectivity index (χ1n) is 12.0. The highest BCUT2D eigenvalue weighted by Crippen LogP contribution is 2.36. The fraction of sp³-hybridized carbons (Fsp3) is 0.360. The molecular weight excluding hydrogens is 499 g/mol. The molecule has 12 heteroatoms. The average Bonchev–Trinajstić information content (AvgIpc) is 3.52. The first kappa shape index (κ1) is 23.7. The molecule has 10 nitrogen and oxygen atoms in total. The number of amides is 2. The van der Waals surface area contributed by atoms with Crippen LogP contribution in [0.25, 0.3) is 11.0 Å². The van der Waals surface area contributed by atoms with Gasteiger partial charge < -0.3 is 25.0 Å². The molecule has 2 fully saturated rings. The van der Waals surface area contributed by atoms with E-state index in [0.29, 0.717) is 59.4 Å². The summed E-state index contributed by atoms with van der Waals surface area (Å²) in [5.41, 5.74) is 2.87. The molecule has 3 aromatic rings. The van der Waals surface area contributed by atoms with Crippen LogP contribution < -0.4 is 25.2 Å². The van der Waals surface area contributed by atoms with Gasteiger partial charge in [-0.1, -0.05) is 0 Å². The van der Waals surface area contributed by atoms with Crippen molar-refractivity contribution in [3.63, 3.8) is 0 Å². The lowest BCUT2D eigenvalue weighted by atomic mass is 10.2. The van der Waals surface area contributed by atoms with E-state index in [4.69, 9.17) is 9.47 Å². The van der Waals surface area contributed by atoms with Crippen LogP contribution in [-0.2, 0) is 9.53 Å². The summed E-state index contributed by atoms with van der Waals surface area (Å²) in [6.07, 6.45) is 1.61. The van der Waals surface area contributed by atoms with Crippen LogP contribution in [0, 0.1) is 5.82 Å². The van der Waals surface area contributed by atoms with Crippen molar-refractivity contribution < 1.29 is 23.5 Å². The Labute approximate surface area is 216 Å². The summed E-state index contributed by atoms with van der Waals surface area (Å²) in [7, 11) is 1.52. The predicted molar refractivity (Wildman–Crippen MR) is 138 cm³/mol. The van der Waals surface area contributed by atoms with Gasteiger partial charge in [0.15, 0.2) is 5.82 Å². The van der Waals surface area contributed by atoms with Gasteiger partial charge in [0.25, 0.3) is 0 Å². The number of benzene rings is 1. The summed E-state index contributed by atoms with van der Waals surface area (Å²) < 4.78 is 25.5. The number of nitrogens with zero attached hydrogens (tertiary/aromatic N) is 4. The predicted octanol–water partition coefficient (Wildman–Crippen LogP) is 3.02. The van der Waals surface area contributed by atoms with E-state index < -0.39 is 11.9 Å². The lowest BCUT2D eigenvalue weighted by Crippen LogP contribution is -2.45. The van der Waals surface area contributed by atoms with Crippen molar-refractivity contribution in [1.29, 1.82) is 0 Å². The number of hydrogen-bond donors (Lipinski definition) is 2. The topological polar surface area (TPSA) is 109 Å². The molecule has 2 atom stereocenters. The molecule has 0 aliphatic carbocycles. The summed E-state index contributed by atoms with van der Waals surface area (Å²) >= 11 is 1.47. The Morgan fingerprint density at radius 2 is 2.19 bits per heavy atom. The molecular formula is C25H25FN6O4S. The number of thioether (sulfide) groups is 1. The first-order chi connectivity index (χ1) is 18.0. The van der Waals surface area contributed by atoms with E-state index in [1.54, 1.807) is 17.0 Å². The third kappa shape index (κ3) is 4.51. The van der Waals surface area contributed by atoms with Gasteiger partial charge in [0.1, 0.15) is 17.8 Å². The molecule has 0 radical (unpaired) electrons. The summed E-state index contributed by atoms with van der Waals surface area (Å²) in [4.78, 5) is 37.6. The molecule has 3 aliphatic rings. The van der Waals surface area contributed by atoms with Gasteiger partial charge in [-0.25, -0.2) is 14.2 Å². The maximum absolute atomic E-state index is 14.9. The quantitative estimate of drug-likeness (QED) is 0.503. The lowest BCUT2D eigenvalue weighted by molar-refractivity contribution is -0.113. The third-order valence-corrected chi connectivity index (χ3v) is 7.88. The zero-order valence-corrected chi connectivity index (χ0v) is 20.9. The van der Waals surface area contributed by atoms with Gasteiger partial charge in [0.2, 0.25) is 11.8 Å². The molecule has 2 aromatic heterocycles. The normalized spacial score (nSPS) is 21.2. The minimum absolute atomic E-state index is 0.0605. The standard InChI is InChI=1S/C25H25FN6O4S/c1-35-22-5-3-18-23(30-22)24(17(26)10-28-18)31-7-6-14(11-31)27-9-16-12-36-25(34)32(16)15-2-4-20-19(8-15)29-21(33)13-37-20/h2-5,8,10,14,16,27H,6-7,9,11-13H2,1H3,(H,29,33)/t14-,16-/m0/s1. The van der Waals surface area contributed by atoms with E-state index in [-0.39, 0.29) is 24.6 Å². The molecule has 0 unspecified atom stereocenters. The highest BCUT2D eigenvalue weighted by Gasteiger charge is 2.36. The lowest BCUT2D eigenvalue weighted by Gasteiger charge is -2.25. The number of ether oxygens (including phenoxy) is 2. The minimum Gasteiger partial charge on any atom is -0.481 e. The van der Waals surface area contributed by atoms with Crippen molar-refractivity contribution in [2.75, 3.05) is 54.2 Å². The maximum atomic E-state index is 14.9. The summed E-state index contributed by atoms with van der Waals surface area (Å²) in [6.45, 7) is 2.00. The number of rotatable bonds is 6. The second-order valence-electron chi connectivity index (χ2n) is 9.13. The van der Waals surface area contributed by atoms with Gasteiger partial charge in [0.05, 0.1) is 36.3 Å². The van der Waals surface area contributed by atoms with Crippen LogP contribution in [0.4, 0.5) is 26.2 Å². The Kier molecular flexibility index (Phi) is 6.21. The number of halogens is 1. The van der Waals surface area contributed by atoms with E-state index in [0.717, 1.165) is 11.3 Å². The van der Waals surface area contributed by atoms with E-state index in [1.165, 1.54) is 25.1 Å². The molecule has 2 saturated heterocycles. The smallest absolute Gasteiger partial charge is 0.414 e. The molecule has 3 aliphatic heterocycles. The number of hydrogen-bond acceptors (Lipinski definition) is 9. The number of aromatic nitrogens is 2. The van der Waals surface area contributed by atoms with Crippen molar-refractivity contribution in [2.24, 2.45) is 0 Å². The molecule has 0 saturated carbocycles. The number of pyridine rings is 2. The Hall–Kier alpha value is -3.64. The molecule has 6 rings (SSSR count). The van der Waals surface area contributed by atoms with Crippen LogP contribution in [0.2, 0.25) is 0 Å². The molecule has 2 amide bonds. The molecule has 1 aromatic carbocycles. The van der Waals surface area contributed by atoms with Crippen LogP contribution >= 0.6 is 11.8 Å². The molecule has 192 valence electrons. The highest BCUT2D eigenvalue weighted by molar-refractivity contribution is 8.00. The van der Waals surface area contributed by atoms with E-state index in [1.807, 2.05) is 23.1 Å². The first-order valence-corrected chi connectivity index (χ1v) is 13.0. The molecule has 2 N–H and O–H groups in total. The molecule has 0 bridgehead atoms. The largest absolute Gasteiger partial charge is 0.481 e. The SMILES string of the molecule is COc1ccc2ncc(F)c(N3CC[C@H](NC[C@H]4COC(=O)N4c4ccc5c(c4)NC(=O)CS5)C3)c2n1. The number of anilines is 3. The molecule has 37 heavy (non-hydrogen) atoms. The minimum atomic E-state index is -0.424. The number of carbonyl (C=O) groups excluding carboxylic acids is 2. The third-order valence-electron chi connectivity index (χ3n) is 6.81. The van der Waals surface area contributed by atoms with Crippen LogP contribution in [0.5, 0.6) is 5.88 Å². The van der Waals surface area contributed by atoms with Crippen LogP contribution in [-0.4, -0.2) is 73.2 Å². The van der Waals surface area contributed by atoms with Gasteiger partial charge in [-0.2, -0.15) is 0 Å². The number of nitrogens with one attached hydrogen (secondary N) is 2. The second-order valence-corrected chi connectivity index (χ2v) is 10.2. The zero-order chi connectivity index (χ0) is 25.5. The van der Waals surface area contributed by atoms with Gasteiger partial charge in [-0.05, 0) is 30.7 Å². The van der Waals surface area contributed by atoms with Gasteiger partial charge >= 0.3 is 6.09 Å². The molecule has 0 spiro atoms. The Bertz CT molecular complexity index is 1390. The van der Waals surface area contributed by atoms with Crippen molar-refractivity contribution in [3.8, 4) is 5.88 Å². The average molecular weight is 525 g/mol. The second kappa shape index (κ2) is 9.67. The van der Waals surface area contributed by atoms with Crippen LogP contribution in [0.3, 0.4) is 0 Å². The number of methoxy groups -OCH3 is 1. The van der Waals surface area contributed by atoms with Gasteiger partial charge in [0, 0.05) is 42.3 Å². The highest BCUT2D eigenvalue weighted by atomic mass is 32.2. The van der Waals surface area contributed by atoms with Crippen molar-refractivity contribution in [1.82, 2.24) is 15.3 Å².